The molecular formula is C14H18O5. The van der Waals surface area contributed by atoms with Crippen molar-refractivity contribution >= 4 is 11.9 Å². The van der Waals surface area contributed by atoms with Crippen LogP contribution in [0.1, 0.15) is 36.0 Å². The first kappa shape index (κ1) is 15.0. The van der Waals surface area contributed by atoms with E-state index in [4.69, 9.17) is 14.6 Å². The standard InChI is InChI=1S/C14H18O5/c1-18-12-8-6-11(7-9-12)14(17)19-10-4-2-3-5-13(15)16/h6-9H,2-5,10H2,1H3,(H,15,16). The van der Waals surface area contributed by atoms with Gasteiger partial charge in [-0.2, -0.15) is 0 Å². The fourth-order valence-corrected chi connectivity index (χ4v) is 1.53. The maximum absolute atomic E-state index is 11.6. The lowest BCUT2D eigenvalue weighted by Gasteiger charge is -2.05. The number of esters is 1. The molecule has 0 heterocycles. The molecule has 0 bridgehead atoms. The van der Waals surface area contributed by atoms with Gasteiger partial charge in [-0.15, -0.1) is 0 Å². The fourth-order valence-electron chi connectivity index (χ4n) is 1.53. The number of benzene rings is 1. The number of carbonyl (C=O) groups excluding carboxylic acids is 1. The number of aliphatic carboxylic acids is 1. The number of ether oxygens (including phenoxy) is 2. The van der Waals surface area contributed by atoms with Gasteiger partial charge in [0, 0.05) is 6.42 Å². The summed E-state index contributed by atoms with van der Waals surface area (Å²) in [6, 6.07) is 6.68. The first-order chi connectivity index (χ1) is 9.13. The number of methoxy groups -OCH3 is 1. The van der Waals surface area contributed by atoms with E-state index in [2.05, 4.69) is 0 Å². The number of hydrogen-bond acceptors (Lipinski definition) is 4. The van der Waals surface area contributed by atoms with Crippen LogP contribution in [0.25, 0.3) is 0 Å². The molecule has 5 nitrogen and oxygen atoms in total. The lowest BCUT2D eigenvalue weighted by Crippen LogP contribution is -2.06. The second-order valence-corrected chi connectivity index (χ2v) is 4.07. The van der Waals surface area contributed by atoms with Gasteiger partial charge in [-0.05, 0) is 43.5 Å². The molecule has 0 radical (unpaired) electrons. The second kappa shape index (κ2) is 8.13. The molecule has 0 aliphatic rings. The molecular weight excluding hydrogens is 248 g/mol. The van der Waals surface area contributed by atoms with E-state index in [-0.39, 0.29) is 12.4 Å². The molecule has 0 atom stereocenters. The first-order valence-electron chi connectivity index (χ1n) is 6.16. The van der Waals surface area contributed by atoms with Crippen LogP contribution in [0.5, 0.6) is 5.75 Å². The van der Waals surface area contributed by atoms with Crippen LogP contribution in [-0.2, 0) is 9.53 Å². The maximum atomic E-state index is 11.6. The summed E-state index contributed by atoms with van der Waals surface area (Å²) >= 11 is 0. The summed E-state index contributed by atoms with van der Waals surface area (Å²) in [5, 5.41) is 8.45. The van der Waals surface area contributed by atoms with Gasteiger partial charge in [0.25, 0.3) is 0 Å². The molecule has 0 aliphatic heterocycles. The molecule has 19 heavy (non-hydrogen) atoms. The van der Waals surface area contributed by atoms with Crippen LogP contribution >= 0.6 is 0 Å². The van der Waals surface area contributed by atoms with Crippen LogP contribution in [0.3, 0.4) is 0 Å². The van der Waals surface area contributed by atoms with Crippen molar-refractivity contribution in [3.63, 3.8) is 0 Å². The number of rotatable bonds is 8. The van der Waals surface area contributed by atoms with Crippen LogP contribution < -0.4 is 4.74 Å². The number of carboxylic acids is 1. The van der Waals surface area contributed by atoms with Gasteiger partial charge < -0.3 is 14.6 Å². The Hall–Kier alpha value is -2.04. The largest absolute Gasteiger partial charge is 0.497 e. The second-order valence-electron chi connectivity index (χ2n) is 4.07. The first-order valence-corrected chi connectivity index (χ1v) is 6.16. The van der Waals surface area contributed by atoms with Crippen molar-refractivity contribution in [1.29, 1.82) is 0 Å². The van der Waals surface area contributed by atoms with Crippen LogP contribution in [0, 0.1) is 0 Å². The predicted octanol–water partition coefficient (Wildman–Crippen LogP) is 2.50. The molecule has 1 aromatic carbocycles. The predicted molar refractivity (Wildman–Crippen MR) is 69.4 cm³/mol. The Bertz CT molecular complexity index is 410. The summed E-state index contributed by atoms with van der Waals surface area (Å²) in [5.74, 6) is -0.485. The summed E-state index contributed by atoms with van der Waals surface area (Å²) in [6.07, 6.45) is 2.18. The lowest BCUT2D eigenvalue weighted by molar-refractivity contribution is -0.137. The molecule has 0 unspecified atom stereocenters. The topological polar surface area (TPSA) is 72.8 Å². The molecule has 1 rings (SSSR count). The molecule has 0 spiro atoms. The molecule has 0 aliphatic carbocycles. The van der Waals surface area contributed by atoms with Crippen LogP contribution in [0.4, 0.5) is 0 Å². The summed E-state index contributed by atoms with van der Waals surface area (Å²) in [5.41, 5.74) is 0.478. The van der Waals surface area contributed by atoms with E-state index >= 15 is 0 Å². The molecule has 0 saturated carbocycles. The minimum atomic E-state index is -0.796. The summed E-state index contributed by atoms with van der Waals surface area (Å²) in [4.78, 5) is 21.9. The minimum Gasteiger partial charge on any atom is -0.497 e. The number of carbonyl (C=O) groups is 2. The van der Waals surface area contributed by atoms with Crippen LogP contribution in [-0.4, -0.2) is 30.8 Å². The summed E-state index contributed by atoms with van der Waals surface area (Å²) < 4.78 is 10.1. The Morgan fingerprint density at radius 2 is 1.79 bits per heavy atom. The maximum Gasteiger partial charge on any atom is 0.338 e. The van der Waals surface area contributed by atoms with Crippen molar-refractivity contribution in [2.75, 3.05) is 13.7 Å². The Balaban J connectivity index is 2.21. The molecule has 0 amide bonds. The van der Waals surface area contributed by atoms with Gasteiger partial charge in [-0.1, -0.05) is 0 Å². The highest BCUT2D eigenvalue weighted by Gasteiger charge is 2.06. The highest BCUT2D eigenvalue weighted by molar-refractivity contribution is 5.89. The SMILES string of the molecule is COc1ccc(C(=O)OCCCCCC(=O)O)cc1. The Morgan fingerprint density at radius 3 is 2.37 bits per heavy atom. The zero-order valence-electron chi connectivity index (χ0n) is 10.9. The van der Waals surface area contributed by atoms with Crippen molar-refractivity contribution < 1.29 is 24.2 Å². The van der Waals surface area contributed by atoms with E-state index in [0.717, 1.165) is 6.42 Å². The zero-order valence-corrected chi connectivity index (χ0v) is 10.9. The summed E-state index contributed by atoms with van der Waals surface area (Å²) in [6.45, 7) is 0.310. The van der Waals surface area contributed by atoms with Gasteiger partial charge in [0.05, 0.1) is 19.3 Å². The third-order valence-corrected chi connectivity index (χ3v) is 2.59. The Labute approximate surface area is 112 Å². The molecule has 0 fully saturated rings. The number of carboxylic acid groups (broad SMARTS) is 1. The molecule has 0 aromatic heterocycles. The quantitative estimate of drug-likeness (QED) is 0.578. The average Bonchev–Trinajstić information content (AvgIpc) is 2.42. The van der Waals surface area contributed by atoms with Crippen molar-refractivity contribution in [3.05, 3.63) is 29.8 Å². The monoisotopic (exact) mass is 266 g/mol. The van der Waals surface area contributed by atoms with Gasteiger partial charge in [0.1, 0.15) is 5.75 Å². The molecule has 1 aromatic rings. The van der Waals surface area contributed by atoms with Crippen molar-refractivity contribution in [2.45, 2.75) is 25.7 Å². The highest BCUT2D eigenvalue weighted by Crippen LogP contribution is 2.12. The molecule has 1 N–H and O–H groups in total. The van der Waals surface area contributed by atoms with E-state index in [0.29, 0.717) is 30.8 Å². The molecule has 0 saturated heterocycles. The lowest BCUT2D eigenvalue weighted by atomic mass is 10.2. The van der Waals surface area contributed by atoms with Crippen LogP contribution in [0.2, 0.25) is 0 Å². The van der Waals surface area contributed by atoms with E-state index in [1.54, 1.807) is 31.4 Å². The van der Waals surface area contributed by atoms with Gasteiger partial charge >= 0.3 is 11.9 Å². The summed E-state index contributed by atoms with van der Waals surface area (Å²) in [7, 11) is 1.56. The third kappa shape index (κ3) is 5.90. The molecule has 5 heteroatoms. The third-order valence-electron chi connectivity index (χ3n) is 2.59. The zero-order chi connectivity index (χ0) is 14.1. The van der Waals surface area contributed by atoms with E-state index in [1.807, 2.05) is 0 Å². The van der Waals surface area contributed by atoms with Gasteiger partial charge in [0.15, 0.2) is 0 Å². The van der Waals surface area contributed by atoms with Crippen molar-refractivity contribution in [3.8, 4) is 5.75 Å². The van der Waals surface area contributed by atoms with Gasteiger partial charge in [-0.25, -0.2) is 4.79 Å². The molecule has 104 valence electrons. The highest BCUT2D eigenvalue weighted by atomic mass is 16.5. The van der Waals surface area contributed by atoms with E-state index < -0.39 is 5.97 Å². The minimum absolute atomic E-state index is 0.159. The number of unbranched alkanes of at least 4 members (excludes halogenated alkanes) is 2. The fraction of sp³-hybridized carbons (Fsp3) is 0.429. The smallest absolute Gasteiger partial charge is 0.338 e. The van der Waals surface area contributed by atoms with E-state index in [9.17, 15) is 9.59 Å². The van der Waals surface area contributed by atoms with Crippen LogP contribution in [0.15, 0.2) is 24.3 Å². The Kier molecular flexibility index (Phi) is 6.43. The van der Waals surface area contributed by atoms with E-state index in [1.165, 1.54) is 0 Å². The van der Waals surface area contributed by atoms with Crippen molar-refractivity contribution in [1.82, 2.24) is 0 Å². The van der Waals surface area contributed by atoms with Crippen molar-refractivity contribution in [2.24, 2.45) is 0 Å². The Morgan fingerprint density at radius 1 is 1.11 bits per heavy atom. The average molecular weight is 266 g/mol. The normalized spacial score (nSPS) is 9.95. The van der Waals surface area contributed by atoms with Gasteiger partial charge in [0.2, 0.25) is 0 Å². The number of hydrogen-bond donors (Lipinski definition) is 1. The van der Waals surface area contributed by atoms with Gasteiger partial charge in [-0.3, -0.25) is 4.79 Å².